The zero-order valence-electron chi connectivity index (χ0n) is 20.4. The van der Waals surface area contributed by atoms with Crippen molar-refractivity contribution < 1.29 is 34.8 Å². The topological polar surface area (TPSA) is 165 Å². The average Bonchev–Trinajstić information content (AvgIpc) is 2.78. The number of aliphatic hydroxyl groups excluding tert-OH is 2. The van der Waals surface area contributed by atoms with Gasteiger partial charge in [-0.25, -0.2) is 0 Å². The van der Waals surface area contributed by atoms with Gasteiger partial charge in [0.1, 0.15) is 22.8 Å². The Morgan fingerprint density at radius 1 is 1.17 bits per heavy atom. The predicted octanol–water partition coefficient (Wildman–Crippen LogP) is 0.981. The van der Waals surface area contributed by atoms with Crippen molar-refractivity contribution in [3.05, 3.63) is 40.2 Å². The van der Waals surface area contributed by atoms with Crippen molar-refractivity contribution in [3.8, 4) is 5.75 Å². The molecule has 10 heteroatoms. The van der Waals surface area contributed by atoms with Gasteiger partial charge >= 0.3 is 0 Å². The molecule has 1 amide bonds. The maximum atomic E-state index is 13.9. The maximum Gasteiger partial charge on any atom is 0.255 e. The molecule has 0 saturated heterocycles. The second-order valence-corrected chi connectivity index (χ2v) is 9.87. The van der Waals surface area contributed by atoms with Gasteiger partial charge in [0.25, 0.3) is 5.91 Å². The van der Waals surface area contributed by atoms with Gasteiger partial charge in [-0.2, -0.15) is 0 Å². The first kappa shape index (κ1) is 24.7. The van der Waals surface area contributed by atoms with Crippen LogP contribution in [0.2, 0.25) is 0 Å². The monoisotopic (exact) mass is 485 g/mol. The first-order chi connectivity index (χ1) is 16.3. The highest BCUT2D eigenvalue weighted by Crippen LogP contribution is 2.56. The van der Waals surface area contributed by atoms with Crippen molar-refractivity contribution in [1.82, 2.24) is 4.90 Å². The largest absolute Gasteiger partial charge is 0.508 e. The summed E-state index contributed by atoms with van der Waals surface area (Å²) < 4.78 is 0. The van der Waals surface area contributed by atoms with Crippen molar-refractivity contribution >= 4 is 28.9 Å². The Balaban J connectivity index is 2.00. The molecule has 1 unspecified atom stereocenters. The summed E-state index contributed by atoms with van der Waals surface area (Å²) in [6.07, 6.45) is 0.0598. The minimum Gasteiger partial charge on any atom is -0.508 e. The SMILES string of the molecule is CCN(C)c1ccc2c(c1O)C(O)=C1C(=O)[C@]3(O)C(O)=C(C(N)=O)C(=O)[C@@H](N(C)C)[C@@H]3C[C@@H]1C2C. The molecule has 0 aliphatic heterocycles. The van der Waals surface area contributed by atoms with E-state index in [9.17, 15) is 34.8 Å². The number of nitrogens with two attached hydrogens (primary N) is 1. The third kappa shape index (κ3) is 3.13. The number of primary amides is 1. The molecule has 0 radical (unpaired) electrons. The molecule has 6 N–H and O–H groups in total. The van der Waals surface area contributed by atoms with Gasteiger partial charge in [0.15, 0.2) is 11.4 Å². The van der Waals surface area contributed by atoms with Crippen molar-refractivity contribution in [2.45, 2.75) is 37.8 Å². The summed E-state index contributed by atoms with van der Waals surface area (Å²) in [6, 6.07) is 2.43. The molecule has 4 rings (SSSR count). The minimum absolute atomic E-state index is 0.0598. The van der Waals surface area contributed by atoms with E-state index in [-0.39, 0.29) is 29.2 Å². The average molecular weight is 486 g/mol. The first-order valence-corrected chi connectivity index (χ1v) is 11.5. The van der Waals surface area contributed by atoms with Crippen LogP contribution >= 0.6 is 0 Å². The van der Waals surface area contributed by atoms with Gasteiger partial charge in [0, 0.05) is 25.1 Å². The third-order valence-corrected chi connectivity index (χ3v) is 7.96. The number of aliphatic hydroxyl groups is 3. The first-order valence-electron chi connectivity index (χ1n) is 11.5. The normalized spacial score (nSPS) is 30.3. The van der Waals surface area contributed by atoms with Gasteiger partial charge in [-0.1, -0.05) is 13.0 Å². The molecule has 1 saturated carbocycles. The number of anilines is 1. The van der Waals surface area contributed by atoms with E-state index in [4.69, 9.17) is 5.73 Å². The number of fused-ring (bicyclic) bond motifs is 3. The predicted molar refractivity (Wildman–Crippen MR) is 128 cm³/mol. The fourth-order valence-electron chi connectivity index (χ4n) is 6.01. The number of hydrogen-bond donors (Lipinski definition) is 5. The molecular weight excluding hydrogens is 454 g/mol. The number of Topliss-reactive ketones (excluding diaryl/α,β-unsaturated/α-hetero) is 2. The summed E-state index contributed by atoms with van der Waals surface area (Å²) in [4.78, 5) is 42.3. The second kappa shape index (κ2) is 8.10. The summed E-state index contributed by atoms with van der Waals surface area (Å²) in [7, 11) is 4.91. The molecule has 35 heavy (non-hydrogen) atoms. The quantitative estimate of drug-likeness (QED) is 0.391. The number of amides is 1. The lowest BCUT2D eigenvalue weighted by molar-refractivity contribution is -0.154. The van der Waals surface area contributed by atoms with Crippen LogP contribution in [0, 0.1) is 11.8 Å². The van der Waals surface area contributed by atoms with Gasteiger partial charge in [0.2, 0.25) is 5.78 Å². The number of phenols is 1. The van der Waals surface area contributed by atoms with Crippen molar-refractivity contribution in [1.29, 1.82) is 0 Å². The van der Waals surface area contributed by atoms with Crippen LogP contribution < -0.4 is 10.6 Å². The Morgan fingerprint density at radius 3 is 2.34 bits per heavy atom. The summed E-state index contributed by atoms with van der Waals surface area (Å²) in [6.45, 7) is 4.32. The lowest BCUT2D eigenvalue weighted by Crippen LogP contribution is -2.65. The number of rotatable bonds is 4. The molecular formula is C25H31N3O7. The summed E-state index contributed by atoms with van der Waals surface area (Å²) in [5.41, 5.74) is 2.89. The number of nitrogens with zero attached hydrogens (tertiary/aromatic N) is 2. The molecule has 1 fully saturated rings. The fourth-order valence-corrected chi connectivity index (χ4v) is 6.01. The Labute approximate surface area is 202 Å². The molecule has 0 heterocycles. The number of benzene rings is 1. The molecule has 0 aromatic heterocycles. The van der Waals surface area contributed by atoms with Crippen molar-refractivity contribution in [2.24, 2.45) is 17.6 Å². The van der Waals surface area contributed by atoms with E-state index >= 15 is 0 Å². The smallest absolute Gasteiger partial charge is 0.255 e. The van der Waals surface area contributed by atoms with Crippen molar-refractivity contribution in [3.63, 3.8) is 0 Å². The van der Waals surface area contributed by atoms with Gasteiger partial charge in [-0.05, 0) is 50.9 Å². The zero-order chi connectivity index (χ0) is 26.1. The van der Waals surface area contributed by atoms with Crippen LogP contribution in [0.25, 0.3) is 5.76 Å². The van der Waals surface area contributed by atoms with E-state index in [1.165, 1.54) is 4.90 Å². The Kier molecular flexibility index (Phi) is 5.72. The highest BCUT2D eigenvalue weighted by Gasteiger charge is 2.64. The van der Waals surface area contributed by atoms with Crippen LogP contribution in [-0.4, -0.2) is 82.1 Å². The van der Waals surface area contributed by atoms with Crippen LogP contribution in [0.4, 0.5) is 5.69 Å². The number of likely N-dealkylation sites (N-methyl/N-ethyl adjacent to an activating group) is 1. The van der Waals surface area contributed by atoms with E-state index in [1.54, 1.807) is 38.2 Å². The van der Waals surface area contributed by atoms with Gasteiger partial charge in [-0.15, -0.1) is 0 Å². The van der Waals surface area contributed by atoms with Crippen LogP contribution in [0.5, 0.6) is 5.75 Å². The van der Waals surface area contributed by atoms with Gasteiger partial charge in [-0.3, -0.25) is 19.3 Å². The molecule has 5 atom stereocenters. The van der Waals surface area contributed by atoms with E-state index < -0.39 is 58.0 Å². The van der Waals surface area contributed by atoms with E-state index in [0.29, 0.717) is 17.8 Å². The van der Waals surface area contributed by atoms with Gasteiger partial charge in [0.05, 0.1) is 17.3 Å². The molecule has 1 aromatic rings. The molecule has 3 aliphatic rings. The Hall–Kier alpha value is -3.37. The minimum atomic E-state index is -2.64. The van der Waals surface area contributed by atoms with Crippen molar-refractivity contribution in [2.75, 3.05) is 32.6 Å². The number of ketones is 2. The third-order valence-electron chi connectivity index (χ3n) is 7.96. The Morgan fingerprint density at radius 2 is 1.80 bits per heavy atom. The van der Waals surface area contributed by atoms with Crippen LogP contribution in [0.3, 0.4) is 0 Å². The number of aromatic hydroxyl groups is 1. The van der Waals surface area contributed by atoms with E-state index in [2.05, 4.69) is 0 Å². The summed E-state index contributed by atoms with van der Waals surface area (Å²) >= 11 is 0. The van der Waals surface area contributed by atoms with E-state index in [0.717, 1.165) is 0 Å². The highest BCUT2D eigenvalue weighted by molar-refractivity contribution is 6.24. The number of carbonyl (C=O) groups excluding carboxylic acids is 3. The van der Waals surface area contributed by atoms with Crippen LogP contribution in [-0.2, 0) is 14.4 Å². The number of phenolic OH excluding ortho intramolecular Hbond substituents is 1. The summed E-state index contributed by atoms with van der Waals surface area (Å²) in [5, 5.41) is 44.9. The molecule has 1 aromatic carbocycles. The molecule has 0 bridgehead atoms. The molecule has 3 aliphatic carbocycles. The lowest BCUT2D eigenvalue weighted by Gasteiger charge is -2.51. The highest BCUT2D eigenvalue weighted by atomic mass is 16.3. The molecule has 188 valence electrons. The van der Waals surface area contributed by atoms with E-state index in [1.807, 2.05) is 13.8 Å². The fraction of sp³-hybridized carbons (Fsp3) is 0.480. The molecule has 0 spiro atoms. The van der Waals surface area contributed by atoms with Crippen LogP contribution in [0.1, 0.15) is 37.3 Å². The van der Waals surface area contributed by atoms with Gasteiger partial charge < -0.3 is 31.1 Å². The second-order valence-electron chi connectivity index (χ2n) is 9.87. The lowest BCUT2D eigenvalue weighted by atomic mass is 9.55. The number of hydrogen-bond acceptors (Lipinski definition) is 9. The molecule has 10 nitrogen and oxygen atoms in total. The Bertz CT molecular complexity index is 1220. The maximum absolute atomic E-state index is 13.9. The standard InChI is InChI=1S/C25H31N3O7/c1-6-28(5)14-8-7-11-10(2)12-9-13-18(27(3)4)21(31)17(24(26)34)23(33)25(13,35)22(32)16(12)20(30)15(11)19(14)29/h7-8,10,12-13,18,29-30,33,35H,6,9H2,1-5H3,(H2,26,34)/t10?,12-,13+,18+,25+/m1/s1. The summed E-state index contributed by atoms with van der Waals surface area (Å²) in [5.74, 6) is -6.89. The van der Waals surface area contributed by atoms with Crippen LogP contribution in [0.15, 0.2) is 29.0 Å². The number of carbonyl (C=O) groups is 3. The zero-order valence-corrected chi connectivity index (χ0v) is 20.4.